The molecule has 7 heteroatoms. The maximum absolute atomic E-state index is 12.7. The summed E-state index contributed by atoms with van der Waals surface area (Å²) in [6.07, 6.45) is 6.26. The topological polar surface area (TPSA) is 64.7 Å². The smallest absolute Gasteiger partial charge is 0.272 e. The number of amides is 1. The predicted octanol–water partition coefficient (Wildman–Crippen LogP) is 3.75. The van der Waals surface area contributed by atoms with Gasteiger partial charge in [0.2, 0.25) is 0 Å². The van der Waals surface area contributed by atoms with E-state index in [4.69, 9.17) is 11.6 Å². The fourth-order valence-electron chi connectivity index (χ4n) is 3.14. The summed E-state index contributed by atoms with van der Waals surface area (Å²) in [6, 6.07) is 15.4. The highest BCUT2D eigenvalue weighted by Gasteiger charge is 2.16. The van der Waals surface area contributed by atoms with Crippen molar-refractivity contribution in [2.24, 2.45) is 0 Å². The minimum Gasteiger partial charge on any atom is -0.351 e. The highest BCUT2D eigenvalue weighted by molar-refractivity contribution is 6.30. The van der Waals surface area contributed by atoms with Crippen LogP contribution in [0.15, 0.2) is 67.3 Å². The minimum absolute atomic E-state index is 0.156. The van der Waals surface area contributed by atoms with Crippen molar-refractivity contribution in [2.45, 2.75) is 19.5 Å². The second-order valence-corrected chi connectivity index (χ2v) is 7.00. The number of para-hydroxylation sites is 1. The van der Waals surface area contributed by atoms with Crippen molar-refractivity contribution >= 4 is 28.4 Å². The van der Waals surface area contributed by atoms with Gasteiger partial charge in [0.1, 0.15) is 0 Å². The number of benzene rings is 2. The van der Waals surface area contributed by atoms with Gasteiger partial charge < -0.3 is 9.88 Å². The molecule has 0 fully saturated rings. The van der Waals surface area contributed by atoms with E-state index in [0.29, 0.717) is 23.8 Å². The van der Waals surface area contributed by atoms with Gasteiger partial charge in [0.05, 0.1) is 18.4 Å². The van der Waals surface area contributed by atoms with E-state index in [9.17, 15) is 4.79 Å². The molecule has 0 unspecified atom stereocenters. The summed E-state index contributed by atoms with van der Waals surface area (Å²) >= 11 is 5.97. The molecule has 6 nitrogen and oxygen atoms in total. The van der Waals surface area contributed by atoms with Gasteiger partial charge in [-0.15, -0.1) is 0 Å². The molecule has 0 aliphatic carbocycles. The van der Waals surface area contributed by atoms with Gasteiger partial charge in [-0.2, -0.15) is 5.10 Å². The molecular formula is C21H20ClN5O. The summed E-state index contributed by atoms with van der Waals surface area (Å²) in [6.45, 7) is 1.97. The maximum atomic E-state index is 12.7. The molecular weight excluding hydrogens is 374 g/mol. The van der Waals surface area contributed by atoms with Crippen LogP contribution in [0.4, 0.5) is 0 Å². The molecule has 0 atom stereocenters. The Hall–Kier alpha value is -3.12. The van der Waals surface area contributed by atoms with E-state index in [1.165, 1.54) is 0 Å². The number of hydrogen-bond acceptors (Lipinski definition) is 3. The van der Waals surface area contributed by atoms with Crippen LogP contribution in [0.2, 0.25) is 5.02 Å². The number of halogens is 1. The molecule has 0 spiro atoms. The summed E-state index contributed by atoms with van der Waals surface area (Å²) in [5.74, 6) is -0.156. The van der Waals surface area contributed by atoms with Gasteiger partial charge in [0.15, 0.2) is 5.69 Å². The number of aromatic nitrogens is 4. The number of carbonyl (C=O) groups excluding carboxylic acids is 1. The van der Waals surface area contributed by atoms with Gasteiger partial charge in [-0.25, -0.2) is 4.98 Å². The summed E-state index contributed by atoms with van der Waals surface area (Å²) in [5.41, 5.74) is 2.46. The number of hydrogen-bond donors (Lipinski definition) is 1. The van der Waals surface area contributed by atoms with Crippen molar-refractivity contribution in [2.75, 3.05) is 6.54 Å². The Bertz CT molecular complexity index is 1070. The van der Waals surface area contributed by atoms with E-state index < -0.39 is 0 Å². The number of nitrogens with zero attached hydrogens (tertiary/aromatic N) is 4. The number of fused-ring (bicyclic) bond motifs is 1. The molecule has 1 amide bonds. The van der Waals surface area contributed by atoms with Gasteiger partial charge in [-0.3, -0.25) is 9.48 Å². The summed E-state index contributed by atoms with van der Waals surface area (Å²) in [5, 5.41) is 9.11. The Morgan fingerprint density at radius 2 is 1.93 bits per heavy atom. The third-order valence-electron chi connectivity index (χ3n) is 4.56. The van der Waals surface area contributed by atoms with E-state index in [2.05, 4.69) is 15.4 Å². The lowest BCUT2D eigenvalue weighted by molar-refractivity contribution is 0.0948. The third-order valence-corrected chi connectivity index (χ3v) is 4.81. The van der Waals surface area contributed by atoms with Gasteiger partial charge in [-0.05, 0) is 30.2 Å². The summed E-state index contributed by atoms with van der Waals surface area (Å²) < 4.78 is 3.85. The first-order chi connectivity index (χ1) is 13.7. The maximum Gasteiger partial charge on any atom is 0.272 e. The normalized spacial score (nSPS) is 11.0. The molecule has 0 bridgehead atoms. The molecule has 4 rings (SSSR count). The lowest BCUT2D eigenvalue weighted by atomic mass is 10.2. The van der Waals surface area contributed by atoms with Crippen LogP contribution in [0.5, 0.6) is 0 Å². The van der Waals surface area contributed by atoms with Gasteiger partial charge in [0.25, 0.3) is 5.91 Å². The Balaban J connectivity index is 1.48. The first-order valence-corrected chi connectivity index (χ1v) is 9.52. The number of rotatable bonds is 7. The average Bonchev–Trinajstić information content (AvgIpc) is 3.35. The summed E-state index contributed by atoms with van der Waals surface area (Å²) in [7, 11) is 0. The molecule has 2 aromatic heterocycles. The molecule has 2 heterocycles. The van der Waals surface area contributed by atoms with Crippen LogP contribution in [0, 0.1) is 0 Å². The number of aryl methyl sites for hydroxylation is 1. The van der Waals surface area contributed by atoms with Gasteiger partial charge in [-0.1, -0.05) is 41.9 Å². The first kappa shape index (κ1) is 18.3. The van der Waals surface area contributed by atoms with Gasteiger partial charge >= 0.3 is 0 Å². The molecule has 0 aliphatic heterocycles. The molecule has 0 saturated carbocycles. The van der Waals surface area contributed by atoms with Crippen molar-refractivity contribution in [3.8, 4) is 0 Å². The third kappa shape index (κ3) is 4.07. The Kier molecular flexibility index (Phi) is 5.39. The Morgan fingerprint density at radius 3 is 2.71 bits per heavy atom. The van der Waals surface area contributed by atoms with Crippen molar-refractivity contribution < 1.29 is 4.79 Å². The predicted molar refractivity (Wildman–Crippen MR) is 109 cm³/mol. The van der Waals surface area contributed by atoms with Crippen LogP contribution in [0.3, 0.4) is 0 Å². The molecule has 142 valence electrons. The van der Waals surface area contributed by atoms with Crippen molar-refractivity contribution in [1.29, 1.82) is 0 Å². The molecule has 0 aliphatic rings. The standard InChI is InChI=1S/C21H20ClN5O/c22-17-8-6-16(7-9-17)14-27-19-5-2-1-4-18(19)20(25-27)21(28)24-10-3-12-26-13-11-23-15-26/h1-2,4-9,11,13,15H,3,10,12,14H2,(H,24,28). The van der Waals surface area contributed by atoms with E-state index >= 15 is 0 Å². The van der Waals surface area contributed by atoms with Gasteiger partial charge in [0, 0.05) is 35.9 Å². The molecule has 2 aromatic carbocycles. The van der Waals surface area contributed by atoms with Crippen LogP contribution < -0.4 is 5.32 Å². The van der Waals surface area contributed by atoms with E-state index in [0.717, 1.165) is 29.4 Å². The number of nitrogens with one attached hydrogen (secondary N) is 1. The van der Waals surface area contributed by atoms with Crippen LogP contribution in [-0.2, 0) is 13.1 Å². The van der Waals surface area contributed by atoms with E-state index in [1.54, 1.807) is 12.5 Å². The number of imidazole rings is 1. The zero-order chi connectivity index (χ0) is 19.3. The summed E-state index contributed by atoms with van der Waals surface area (Å²) in [4.78, 5) is 16.7. The lowest BCUT2D eigenvalue weighted by Gasteiger charge is -2.05. The molecule has 0 radical (unpaired) electrons. The Morgan fingerprint density at radius 1 is 1.11 bits per heavy atom. The molecule has 1 N–H and O–H groups in total. The van der Waals surface area contributed by atoms with Crippen LogP contribution in [0.25, 0.3) is 10.9 Å². The fraction of sp³-hybridized carbons (Fsp3) is 0.190. The van der Waals surface area contributed by atoms with E-state index in [-0.39, 0.29) is 5.91 Å². The highest BCUT2D eigenvalue weighted by atomic mass is 35.5. The van der Waals surface area contributed by atoms with E-state index in [1.807, 2.05) is 64.0 Å². The van der Waals surface area contributed by atoms with Crippen LogP contribution >= 0.6 is 11.6 Å². The zero-order valence-electron chi connectivity index (χ0n) is 15.3. The first-order valence-electron chi connectivity index (χ1n) is 9.14. The number of carbonyl (C=O) groups is 1. The zero-order valence-corrected chi connectivity index (χ0v) is 16.0. The van der Waals surface area contributed by atoms with Crippen LogP contribution in [-0.4, -0.2) is 31.8 Å². The molecule has 28 heavy (non-hydrogen) atoms. The highest BCUT2D eigenvalue weighted by Crippen LogP contribution is 2.20. The molecule has 4 aromatic rings. The molecule has 0 saturated heterocycles. The SMILES string of the molecule is O=C(NCCCn1ccnc1)c1nn(Cc2ccc(Cl)cc2)c2ccccc12. The van der Waals surface area contributed by atoms with Crippen molar-refractivity contribution in [1.82, 2.24) is 24.6 Å². The van der Waals surface area contributed by atoms with Crippen molar-refractivity contribution in [3.63, 3.8) is 0 Å². The van der Waals surface area contributed by atoms with Crippen LogP contribution in [0.1, 0.15) is 22.5 Å². The largest absolute Gasteiger partial charge is 0.351 e. The van der Waals surface area contributed by atoms with Crippen molar-refractivity contribution in [3.05, 3.63) is 83.5 Å². The second-order valence-electron chi connectivity index (χ2n) is 6.56. The second kappa shape index (κ2) is 8.27. The quantitative estimate of drug-likeness (QED) is 0.486. The lowest BCUT2D eigenvalue weighted by Crippen LogP contribution is -2.26. The minimum atomic E-state index is -0.156. The Labute approximate surface area is 167 Å². The monoisotopic (exact) mass is 393 g/mol. The fourth-order valence-corrected chi connectivity index (χ4v) is 3.27. The average molecular weight is 394 g/mol.